The van der Waals surface area contributed by atoms with E-state index in [4.69, 9.17) is 17.0 Å². The molecule has 6 nitrogen and oxygen atoms in total. The summed E-state index contributed by atoms with van der Waals surface area (Å²) < 4.78 is 7.98. The topological polar surface area (TPSA) is 72.8 Å². The van der Waals surface area contributed by atoms with E-state index in [1.165, 1.54) is 0 Å². The number of aromatic amines is 1. The third-order valence-electron chi connectivity index (χ3n) is 4.01. The van der Waals surface area contributed by atoms with E-state index in [-0.39, 0.29) is 5.97 Å². The van der Waals surface area contributed by atoms with Crippen LogP contribution in [0.15, 0.2) is 24.8 Å². The lowest BCUT2D eigenvalue weighted by Gasteiger charge is -2.25. The molecule has 0 bridgehead atoms. The number of H-pyrrole nitrogens is 1. The molecule has 2 aromatic rings. The van der Waals surface area contributed by atoms with Gasteiger partial charge in [-0.2, -0.15) is 0 Å². The summed E-state index contributed by atoms with van der Waals surface area (Å²) in [7, 11) is 0. The zero-order valence-electron chi connectivity index (χ0n) is 11.8. The number of hydrogen-bond acceptors (Lipinski definition) is 5. The fourth-order valence-electron chi connectivity index (χ4n) is 2.68. The Bertz CT molecular complexity index is 761. The van der Waals surface area contributed by atoms with E-state index in [9.17, 15) is 4.79 Å². The van der Waals surface area contributed by atoms with Crippen LogP contribution in [-0.4, -0.2) is 31.1 Å². The van der Waals surface area contributed by atoms with E-state index in [1.807, 2.05) is 11.5 Å². The van der Waals surface area contributed by atoms with Gasteiger partial charge in [0.05, 0.1) is 12.7 Å². The number of rotatable bonds is 4. The highest BCUT2D eigenvalue weighted by molar-refractivity contribution is 7.71. The first-order valence-electron chi connectivity index (χ1n) is 6.84. The average Bonchev–Trinajstić information content (AvgIpc) is 3.00. The summed E-state index contributed by atoms with van der Waals surface area (Å²) >= 11 is 5.15. The van der Waals surface area contributed by atoms with Crippen LogP contribution in [0.3, 0.4) is 0 Å². The molecule has 0 spiro atoms. The molecule has 2 aromatic heterocycles. The SMILES string of the molecule is C=C1CC(CC)(CCn2cnc3c(=S)nc[nH]c32)OC1=O. The zero-order valence-corrected chi connectivity index (χ0v) is 12.6. The summed E-state index contributed by atoms with van der Waals surface area (Å²) in [5.74, 6) is -0.282. The molecule has 1 saturated heterocycles. The molecule has 1 unspecified atom stereocenters. The number of aromatic nitrogens is 4. The smallest absolute Gasteiger partial charge is 0.334 e. The van der Waals surface area contributed by atoms with Crippen molar-refractivity contribution < 1.29 is 9.53 Å². The molecule has 0 amide bonds. The molecule has 1 atom stereocenters. The molecule has 1 N–H and O–H groups in total. The van der Waals surface area contributed by atoms with Gasteiger partial charge in [0.2, 0.25) is 0 Å². The number of nitrogens with zero attached hydrogens (tertiary/aromatic N) is 3. The Labute approximate surface area is 126 Å². The van der Waals surface area contributed by atoms with Gasteiger partial charge in [0, 0.05) is 25.0 Å². The first-order valence-corrected chi connectivity index (χ1v) is 7.25. The molecular weight excluding hydrogens is 288 g/mol. The highest BCUT2D eigenvalue weighted by Gasteiger charge is 2.41. The summed E-state index contributed by atoms with van der Waals surface area (Å²) in [5, 5.41) is 0. The van der Waals surface area contributed by atoms with E-state index in [0.29, 0.717) is 35.1 Å². The van der Waals surface area contributed by atoms with Crippen LogP contribution in [0, 0.1) is 4.64 Å². The largest absolute Gasteiger partial charge is 0.455 e. The van der Waals surface area contributed by atoms with E-state index >= 15 is 0 Å². The maximum atomic E-state index is 11.6. The molecule has 110 valence electrons. The van der Waals surface area contributed by atoms with Crippen molar-refractivity contribution in [2.24, 2.45) is 0 Å². The summed E-state index contributed by atoms with van der Waals surface area (Å²) in [4.78, 5) is 23.0. The number of nitrogens with one attached hydrogen (secondary N) is 1. The van der Waals surface area contributed by atoms with Crippen molar-refractivity contribution in [1.82, 2.24) is 19.5 Å². The van der Waals surface area contributed by atoms with Crippen molar-refractivity contribution in [3.8, 4) is 0 Å². The lowest BCUT2D eigenvalue weighted by Crippen LogP contribution is -2.29. The minimum Gasteiger partial charge on any atom is -0.455 e. The van der Waals surface area contributed by atoms with Crippen molar-refractivity contribution in [2.75, 3.05) is 0 Å². The molecule has 0 radical (unpaired) electrons. The van der Waals surface area contributed by atoms with Gasteiger partial charge in [0.25, 0.3) is 0 Å². The van der Waals surface area contributed by atoms with Gasteiger partial charge in [-0.05, 0) is 6.42 Å². The average molecular weight is 304 g/mol. The molecule has 0 aromatic carbocycles. The first-order chi connectivity index (χ1) is 10.0. The number of ether oxygens (including phenoxy) is 1. The zero-order chi connectivity index (χ0) is 15.0. The molecule has 1 fully saturated rings. The number of carbonyl (C=O) groups excluding carboxylic acids is 1. The van der Waals surface area contributed by atoms with E-state index in [2.05, 4.69) is 21.5 Å². The van der Waals surface area contributed by atoms with Gasteiger partial charge in [0.15, 0.2) is 4.64 Å². The van der Waals surface area contributed by atoms with Gasteiger partial charge in [-0.25, -0.2) is 14.8 Å². The summed E-state index contributed by atoms with van der Waals surface area (Å²) in [6, 6.07) is 0. The molecule has 1 aliphatic heterocycles. The highest BCUT2D eigenvalue weighted by atomic mass is 32.1. The number of cyclic esters (lactones) is 1. The van der Waals surface area contributed by atoms with Gasteiger partial charge in [-0.15, -0.1) is 0 Å². The van der Waals surface area contributed by atoms with Crippen LogP contribution in [0.1, 0.15) is 26.2 Å². The Hall–Kier alpha value is -2.02. The molecular formula is C14H16N4O2S. The monoisotopic (exact) mass is 304 g/mol. The fraction of sp³-hybridized carbons (Fsp3) is 0.429. The van der Waals surface area contributed by atoms with E-state index in [0.717, 1.165) is 12.1 Å². The molecule has 3 rings (SSSR count). The lowest BCUT2D eigenvalue weighted by atomic mass is 9.91. The first kappa shape index (κ1) is 13.9. The van der Waals surface area contributed by atoms with Crippen molar-refractivity contribution in [2.45, 2.75) is 38.3 Å². The van der Waals surface area contributed by atoms with Gasteiger partial charge >= 0.3 is 5.97 Å². The number of fused-ring (bicyclic) bond motifs is 1. The Kier molecular flexibility index (Phi) is 3.36. The Balaban J connectivity index is 1.83. The normalized spacial score (nSPS) is 22.0. The minimum atomic E-state index is -0.450. The Morgan fingerprint density at radius 1 is 1.57 bits per heavy atom. The van der Waals surface area contributed by atoms with Crippen LogP contribution in [0.5, 0.6) is 0 Å². The van der Waals surface area contributed by atoms with Crippen LogP contribution in [0.2, 0.25) is 0 Å². The van der Waals surface area contributed by atoms with Crippen LogP contribution >= 0.6 is 12.2 Å². The van der Waals surface area contributed by atoms with Crippen LogP contribution in [-0.2, 0) is 16.1 Å². The third kappa shape index (κ3) is 2.37. The maximum Gasteiger partial charge on any atom is 0.334 e. The number of hydrogen-bond donors (Lipinski definition) is 1. The Morgan fingerprint density at radius 3 is 3.05 bits per heavy atom. The molecule has 0 aliphatic carbocycles. The summed E-state index contributed by atoms with van der Waals surface area (Å²) in [6.45, 7) is 6.47. The summed E-state index contributed by atoms with van der Waals surface area (Å²) in [6.07, 6.45) is 5.36. The Morgan fingerprint density at radius 2 is 2.38 bits per heavy atom. The number of aryl methyl sites for hydroxylation is 1. The minimum absolute atomic E-state index is 0.282. The van der Waals surface area contributed by atoms with Gasteiger partial charge in [-0.3, -0.25) is 0 Å². The van der Waals surface area contributed by atoms with Gasteiger partial charge in [-0.1, -0.05) is 25.7 Å². The van der Waals surface area contributed by atoms with Crippen LogP contribution in [0.4, 0.5) is 0 Å². The van der Waals surface area contributed by atoms with E-state index < -0.39 is 5.60 Å². The van der Waals surface area contributed by atoms with Crippen molar-refractivity contribution >= 4 is 29.4 Å². The van der Waals surface area contributed by atoms with Crippen LogP contribution in [0.25, 0.3) is 11.2 Å². The van der Waals surface area contributed by atoms with E-state index in [1.54, 1.807) is 12.7 Å². The third-order valence-corrected chi connectivity index (χ3v) is 4.31. The molecule has 21 heavy (non-hydrogen) atoms. The summed E-state index contributed by atoms with van der Waals surface area (Å²) in [5.41, 5.74) is 1.63. The molecule has 3 heterocycles. The lowest BCUT2D eigenvalue weighted by molar-refractivity contribution is -0.147. The number of esters is 1. The second kappa shape index (κ2) is 5.07. The number of carbonyl (C=O) groups is 1. The van der Waals surface area contributed by atoms with Crippen molar-refractivity contribution in [3.63, 3.8) is 0 Å². The quantitative estimate of drug-likeness (QED) is 0.534. The predicted molar refractivity (Wildman–Crippen MR) is 80.2 cm³/mol. The second-order valence-corrected chi connectivity index (χ2v) is 5.69. The second-order valence-electron chi connectivity index (χ2n) is 5.30. The van der Waals surface area contributed by atoms with Gasteiger partial charge in [0.1, 0.15) is 16.8 Å². The predicted octanol–water partition coefficient (Wildman–Crippen LogP) is 2.53. The fourth-order valence-corrected chi connectivity index (χ4v) is 2.88. The standard InChI is InChI=1S/C14H16N4O2S/c1-3-14(6-9(2)13(19)20-14)4-5-18-8-17-10-11(18)15-7-16-12(10)21/h7-8H,2-6H2,1H3,(H,15,16,21). The number of imidazole rings is 1. The molecule has 1 aliphatic rings. The van der Waals surface area contributed by atoms with Crippen LogP contribution < -0.4 is 0 Å². The maximum absolute atomic E-state index is 11.6. The van der Waals surface area contributed by atoms with Gasteiger partial charge < -0.3 is 14.3 Å². The van der Waals surface area contributed by atoms with Crippen molar-refractivity contribution in [1.29, 1.82) is 0 Å². The van der Waals surface area contributed by atoms with Crippen molar-refractivity contribution in [3.05, 3.63) is 29.4 Å². The highest BCUT2D eigenvalue weighted by Crippen LogP contribution is 2.36. The molecule has 7 heteroatoms. The molecule has 0 saturated carbocycles.